The lowest BCUT2D eigenvalue weighted by atomic mass is 10.0. The third-order valence-electron chi connectivity index (χ3n) is 4.62. The summed E-state index contributed by atoms with van der Waals surface area (Å²) in [6, 6.07) is 10.9. The van der Waals surface area contributed by atoms with E-state index in [1.807, 2.05) is 20.8 Å². The third-order valence-corrected chi connectivity index (χ3v) is 4.62. The number of esters is 1. The number of halogens is 1. The topological polar surface area (TPSA) is 73.9 Å². The summed E-state index contributed by atoms with van der Waals surface area (Å²) in [6.07, 6.45) is -1.19. The van der Waals surface area contributed by atoms with Crippen molar-refractivity contribution in [2.24, 2.45) is 0 Å². The molecule has 1 amide bonds. The molecule has 30 heavy (non-hydrogen) atoms. The van der Waals surface area contributed by atoms with Crippen molar-refractivity contribution in [2.75, 3.05) is 7.11 Å². The Bertz CT molecular complexity index is 920. The van der Waals surface area contributed by atoms with Crippen LogP contribution >= 0.6 is 0 Å². The maximum absolute atomic E-state index is 13.4. The molecule has 160 valence electrons. The zero-order valence-electron chi connectivity index (χ0n) is 17.5. The van der Waals surface area contributed by atoms with Gasteiger partial charge in [0.1, 0.15) is 17.3 Å². The molecule has 1 aliphatic heterocycles. The van der Waals surface area contributed by atoms with Gasteiger partial charge in [-0.3, -0.25) is 4.79 Å². The molecule has 2 unspecified atom stereocenters. The van der Waals surface area contributed by atoms with E-state index in [2.05, 4.69) is 5.32 Å². The quantitative estimate of drug-likeness (QED) is 0.754. The molecule has 3 rings (SSSR count). The summed E-state index contributed by atoms with van der Waals surface area (Å²) in [5.41, 5.74) is 0.721. The molecule has 2 aromatic rings. The molecule has 0 spiro atoms. The van der Waals surface area contributed by atoms with E-state index in [-0.39, 0.29) is 5.82 Å². The van der Waals surface area contributed by atoms with Crippen LogP contribution in [0.2, 0.25) is 0 Å². The first-order valence-corrected chi connectivity index (χ1v) is 9.78. The molecule has 0 saturated heterocycles. The molecule has 0 aromatic heterocycles. The molecule has 2 atom stereocenters. The molecule has 0 bridgehead atoms. The van der Waals surface area contributed by atoms with Gasteiger partial charge in [-0.15, -0.1) is 0 Å². The van der Waals surface area contributed by atoms with Crippen LogP contribution in [0.3, 0.4) is 0 Å². The van der Waals surface area contributed by atoms with E-state index >= 15 is 0 Å². The van der Waals surface area contributed by atoms with Crippen LogP contribution in [0.4, 0.5) is 4.39 Å². The average Bonchev–Trinajstić information content (AvgIpc) is 2.70. The summed E-state index contributed by atoms with van der Waals surface area (Å²) >= 11 is 0. The van der Waals surface area contributed by atoms with Crippen molar-refractivity contribution in [1.82, 2.24) is 5.32 Å². The predicted octanol–water partition coefficient (Wildman–Crippen LogP) is 3.73. The smallest absolute Gasteiger partial charge is 0.348 e. The molecule has 6 nitrogen and oxygen atoms in total. The zero-order valence-corrected chi connectivity index (χ0v) is 17.5. The molecule has 1 heterocycles. The van der Waals surface area contributed by atoms with Crippen LogP contribution in [0.1, 0.15) is 44.4 Å². The number of carbonyl (C=O) groups is 2. The van der Waals surface area contributed by atoms with Crippen LogP contribution in [0.15, 0.2) is 42.5 Å². The number of hydrogen-bond donors (Lipinski definition) is 1. The molecule has 1 aliphatic rings. The lowest BCUT2D eigenvalue weighted by Gasteiger charge is -2.28. The van der Waals surface area contributed by atoms with Gasteiger partial charge in [-0.05, 0) is 69.5 Å². The Balaban J connectivity index is 1.78. The van der Waals surface area contributed by atoms with Gasteiger partial charge < -0.3 is 19.5 Å². The molecule has 0 radical (unpaired) electrons. The maximum atomic E-state index is 13.4. The minimum absolute atomic E-state index is 0.339. The van der Waals surface area contributed by atoms with Gasteiger partial charge in [0.05, 0.1) is 7.11 Å². The van der Waals surface area contributed by atoms with Gasteiger partial charge in [-0.25, -0.2) is 9.18 Å². The van der Waals surface area contributed by atoms with Gasteiger partial charge >= 0.3 is 5.97 Å². The van der Waals surface area contributed by atoms with Crippen LogP contribution < -0.4 is 14.8 Å². The van der Waals surface area contributed by atoms with Crippen molar-refractivity contribution in [1.29, 1.82) is 0 Å². The molecule has 0 aliphatic carbocycles. The first-order chi connectivity index (χ1) is 14.2. The summed E-state index contributed by atoms with van der Waals surface area (Å²) in [7, 11) is 1.54. The number of benzene rings is 2. The van der Waals surface area contributed by atoms with E-state index in [9.17, 15) is 14.0 Å². The highest BCUT2D eigenvalue weighted by Crippen LogP contribution is 2.30. The number of methoxy groups -OCH3 is 1. The second-order valence-corrected chi connectivity index (χ2v) is 8.23. The van der Waals surface area contributed by atoms with E-state index in [1.165, 1.54) is 18.2 Å². The Labute approximate surface area is 175 Å². The first-order valence-electron chi connectivity index (χ1n) is 9.78. The van der Waals surface area contributed by atoms with Gasteiger partial charge in [-0.1, -0.05) is 12.1 Å². The normalized spacial score (nSPS) is 16.6. The number of ether oxygens (including phenoxy) is 3. The van der Waals surface area contributed by atoms with E-state index in [0.29, 0.717) is 35.5 Å². The average molecular weight is 415 g/mol. The molecule has 2 aromatic carbocycles. The minimum Gasteiger partial charge on any atom is -0.497 e. The van der Waals surface area contributed by atoms with E-state index in [0.717, 1.165) is 0 Å². The number of carbonyl (C=O) groups excluding carboxylic acids is 2. The van der Waals surface area contributed by atoms with Gasteiger partial charge in [0.15, 0.2) is 6.10 Å². The maximum Gasteiger partial charge on any atom is 0.348 e. The lowest BCUT2D eigenvalue weighted by molar-refractivity contribution is -0.164. The van der Waals surface area contributed by atoms with Crippen LogP contribution in [0.25, 0.3) is 0 Å². The van der Waals surface area contributed by atoms with Gasteiger partial charge in [0, 0.05) is 11.1 Å². The van der Waals surface area contributed by atoms with E-state index in [4.69, 9.17) is 14.2 Å². The largest absolute Gasteiger partial charge is 0.497 e. The Morgan fingerprint density at radius 1 is 1.17 bits per heavy atom. The van der Waals surface area contributed by atoms with Crippen molar-refractivity contribution in [2.45, 2.75) is 51.4 Å². The van der Waals surface area contributed by atoms with Crippen LogP contribution in [0, 0.1) is 5.82 Å². The van der Waals surface area contributed by atoms with Gasteiger partial charge in [0.25, 0.3) is 5.91 Å². The van der Waals surface area contributed by atoms with Crippen LogP contribution in [0.5, 0.6) is 11.5 Å². The Hall–Kier alpha value is -3.09. The molecular weight excluding hydrogens is 389 g/mol. The highest BCUT2D eigenvalue weighted by atomic mass is 19.1. The number of hydrogen-bond acceptors (Lipinski definition) is 5. The summed E-state index contributed by atoms with van der Waals surface area (Å²) in [4.78, 5) is 25.7. The molecule has 7 heteroatoms. The first kappa shape index (κ1) is 21.6. The summed E-state index contributed by atoms with van der Waals surface area (Å²) < 4.78 is 29.9. The molecular formula is C23H26FNO5. The highest BCUT2D eigenvalue weighted by Gasteiger charge is 2.33. The second kappa shape index (κ2) is 8.73. The van der Waals surface area contributed by atoms with Gasteiger partial charge in [-0.2, -0.15) is 0 Å². The number of nitrogens with one attached hydrogen (secondary N) is 1. The highest BCUT2D eigenvalue weighted by molar-refractivity contribution is 5.86. The fourth-order valence-electron chi connectivity index (χ4n) is 3.20. The van der Waals surface area contributed by atoms with Crippen molar-refractivity contribution in [3.8, 4) is 11.5 Å². The van der Waals surface area contributed by atoms with Crippen molar-refractivity contribution < 1.29 is 28.2 Å². The number of fused-ring (bicyclic) bond motifs is 1. The summed E-state index contributed by atoms with van der Waals surface area (Å²) in [5, 5.41) is 2.85. The van der Waals surface area contributed by atoms with Crippen molar-refractivity contribution in [3.05, 3.63) is 59.4 Å². The molecule has 1 N–H and O–H groups in total. The summed E-state index contributed by atoms with van der Waals surface area (Å²) in [6.45, 7) is 5.54. The SMILES string of the molecule is COc1ccc(C(OC(=O)C2CCc3cc(F)ccc3O2)C(=O)NC(C)(C)C)cc1. The van der Waals surface area contributed by atoms with Crippen molar-refractivity contribution >= 4 is 11.9 Å². The standard InChI is InChI=1S/C23H26FNO5/c1-23(2,3)25-21(26)20(14-5-9-17(28-4)10-6-14)30-22(27)19-11-7-15-13-16(24)8-12-18(15)29-19/h5-6,8-10,12-13,19-20H,7,11H2,1-4H3,(H,25,26). The van der Waals surface area contributed by atoms with E-state index in [1.54, 1.807) is 31.4 Å². The number of aryl methyl sites for hydroxylation is 1. The Kier molecular flexibility index (Phi) is 6.29. The van der Waals surface area contributed by atoms with Crippen LogP contribution in [-0.4, -0.2) is 30.6 Å². The number of amides is 1. The monoisotopic (exact) mass is 415 g/mol. The number of rotatable bonds is 5. The predicted molar refractivity (Wildman–Crippen MR) is 109 cm³/mol. The molecule has 0 fully saturated rings. The minimum atomic E-state index is -1.14. The van der Waals surface area contributed by atoms with Crippen LogP contribution in [-0.2, 0) is 20.7 Å². The van der Waals surface area contributed by atoms with E-state index < -0.39 is 29.6 Å². The third kappa shape index (κ3) is 5.28. The lowest BCUT2D eigenvalue weighted by Crippen LogP contribution is -2.45. The summed E-state index contributed by atoms with van der Waals surface area (Å²) in [5.74, 6) is -0.352. The zero-order chi connectivity index (χ0) is 21.9. The Morgan fingerprint density at radius 3 is 2.50 bits per heavy atom. The second-order valence-electron chi connectivity index (χ2n) is 8.23. The Morgan fingerprint density at radius 2 is 1.87 bits per heavy atom. The van der Waals surface area contributed by atoms with Gasteiger partial charge in [0.2, 0.25) is 6.10 Å². The van der Waals surface area contributed by atoms with Crippen molar-refractivity contribution in [3.63, 3.8) is 0 Å². The fraction of sp³-hybridized carbons (Fsp3) is 0.391. The fourth-order valence-corrected chi connectivity index (χ4v) is 3.20. The molecule has 0 saturated carbocycles.